The number of likely N-dealkylation sites (tertiary alicyclic amines) is 1. The molecule has 15 heavy (non-hydrogen) atoms. The van der Waals surface area contributed by atoms with Crippen molar-refractivity contribution in [1.29, 1.82) is 0 Å². The minimum Gasteiger partial charge on any atom is -0.390 e. The first kappa shape index (κ1) is 12.4. The second kappa shape index (κ2) is 4.92. The number of hydrogen-bond acceptors (Lipinski definition) is 4. The van der Waals surface area contributed by atoms with Crippen LogP contribution in [0.5, 0.6) is 0 Å². The molecule has 0 aromatic rings. The lowest BCUT2D eigenvalue weighted by molar-refractivity contribution is -0.119. The first-order valence-corrected chi connectivity index (χ1v) is 5.40. The zero-order valence-electron chi connectivity index (χ0n) is 9.28. The number of rotatable bonds is 3. The Morgan fingerprint density at radius 1 is 1.53 bits per heavy atom. The van der Waals surface area contributed by atoms with E-state index in [4.69, 9.17) is 11.5 Å². The van der Waals surface area contributed by atoms with Crippen molar-refractivity contribution in [2.24, 2.45) is 11.5 Å². The van der Waals surface area contributed by atoms with Gasteiger partial charge in [-0.2, -0.15) is 0 Å². The zero-order chi connectivity index (χ0) is 11.5. The van der Waals surface area contributed by atoms with Gasteiger partial charge in [0, 0.05) is 13.1 Å². The monoisotopic (exact) mass is 215 g/mol. The van der Waals surface area contributed by atoms with Gasteiger partial charge in [0.2, 0.25) is 5.91 Å². The predicted octanol–water partition coefficient (Wildman–Crippen LogP) is -0.964. The Labute approximate surface area is 90.4 Å². The molecule has 5 heteroatoms. The van der Waals surface area contributed by atoms with E-state index in [1.54, 1.807) is 0 Å². The molecule has 1 rings (SSSR count). The standard InChI is InChI=1S/C10H21N3O2/c1-10(15)3-2-5-13(6-4-10)7-8(11)9(12)14/h8,15H,2-7,11H2,1H3,(H2,12,14). The molecule has 1 heterocycles. The van der Waals surface area contributed by atoms with Crippen LogP contribution in [0.1, 0.15) is 26.2 Å². The number of carbonyl (C=O) groups is 1. The second-order valence-electron chi connectivity index (χ2n) is 4.66. The minimum absolute atomic E-state index is 0.467. The lowest BCUT2D eigenvalue weighted by atomic mass is 9.98. The van der Waals surface area contributed by atoms with E-state index in [0.717, 1.165) is 32.4 Å². The molecule has 0 bridgehead atoms. The van der Waals surface area contributed by atoms with E-state index in [1.807, 2.05) is 6.92 Å². The summed E-state index contributed by atoms with van der Waals surface area (Å²) in [5.74, 6) is -0.467. The summed E-state index contributed by atoms with van der Waals surface area (Å²) in [6.45, 7) is 3.99. The molecule has 0 spiro atoms. The fourth-order valence-electron chi connectivity index (χ4n) is 1.87. The average molecular weight is 215 g/mol. The summed E-state index contributed by atoms with van der Waals surface area (Å²) < 4.78 is 0. The highest BCUT2D eigenvalue weighted by Crippen LogP contribution is 2.21. The van der Waals surface area contributed by atoms with Crippen LogP contribution in [0.25, 0.3) is 0 Å². The fourth-order valence-corrected chi connectivity index (χ4v) is 1.87. The molecule has 0 radical (unpaired) electrons. The summed E-state index contributed by atoms with van der Waals surface area (Å²) in [5.41, 5.74) is 10.1. The predicted molar refractivity (Wildman–Crippen MR) is 58.1 cm³/mol. The molecular formula is C10H21N3O2. The summed E-state index contributed by atoms with van der Waals surface area (Å²) in [6, 6.07) is -0.604. The SMILES string of the molecule is CC1(O)CCCN(CC(N)C(N)=O)CC1. The number of primary amides is 1. The molecular weight excluding hydrogens is 194 g/mol. The van der Waals surface area contributed by atoms with Gasteiger partial charge in [-0.1, -0.05) is 0 Å². The van der Waals surface area contributed by atoms with Gasteiger partial charge < -0.3 is 21.5 Å². The Morgan fingerprint density at radius 2 is 2.20 bits per heavy atom. The molecule has 0 aromatic carbocycles. The molecule has 0 aliphatic carbocycles. The van der Waals surface area contributed by atoms with Gasteiger partial charge in [0.1, 0.15) is 0 Å². The summed E-state index contributed by atoms with van der Waals surface area (Å²) in [6.07, 6.45) is 2.45. The van der Waals surface area contributed by atoms with Gasteiger partial charge in [0.25, 0.3) is 0 Å². The van der Waals surface area contributed by atoms with E-state index < -0.39 is 17.6 Å². The highest BCUT2D eigenvalue weighted by atomic mass is 16.3. The van der Waals surface area contributed by atoms with E-state index in [1.165, 1.54) is 0 Å². The lowest BCUT2D eigenvalue weighted by Crippen LogP contribution is -2.46. The Hall–Kier alpha value is -0.650. The number of carbonyl (C=O) groups excluding carboxylic acids is 1. The molecule has 1 saturated heterocycles. The van der Waals surface area contributed by atoms with Crippen LogP contribution in [-0.4, -0.2) is 47.2 Å². The van der Waals surface area contributed by atoms with Gasteiger partial charge in [-0.3, -0.25) is 4.79 Å². The van der Waals surface area contributed by atoms with Gasteiger partial charge in [0.15, 0.2) is 0 Å². The maximum absolute atomic E-state index is 10.8. The third-order valence-electron chi connectivity index (χ3n) is 2.98. The fraction of sp³-hybridized carbons (Fsp3) is 0.900. The zero-order valence-corrected chi connectivity index (χ0v) is 9.28. The molecule has 1 fully saturated rings. The number of nitrogens with two attached hydrogens (primary N) is 2. The van der Waals surface area contributed by atoms with Crippen molar-refractivity contribution in [1.82, 2.24) is 4.90 Å². The molecule has 5 N–H and O–H groups in total. The maximum atomic E-state index is 10.8. The van der Waals surface area contributed by atoms with Crippen LogP contribution in [0.3, 0.4) is 0 Å². The van der Waals surface area contributed by atoms with E-state index in [2.05, 4.69) is 4.90 Å². The van der Waals surface area contributed by atoms with Gasteiger partial charge in [-0.25, -0.2) is 0 Å². The van der Waals surface area contributed by atoms with Crippen molar-refractivity contribution >= 4 is 5.91 Å². The second-order valence-corrected chi connectivity index (χ2v) is 4.66. The Morgan fingerprint density at radius 3 is 2.80 bits per heavy atom. The Bertz CT molecular complexity index is 231. The van der Waals surface area contributed by atoms with Crippen molar-refractivity contribution in [3.05, 3.63) is 0 Å². The quantitative estimate of drug-likeness (QED) is 0.565. The molecule has 2 atom stereocenters. The van der Waals surface area contributed by atoms with Crippen LogP contribution in [0.15, 0.2) is 0 Å². The third-order valence-corrected chi connectivity index (χ3v) is 2.98. The first-order chi connectivity index (χ1) is 6.91. The number of hydrogen-bond donors (Lipinski definition) is 3. The van der Waals surface area contributed by atoms with E-state index >= 15 is 0 Å². The maximum Gasteiger partial charge on any atom is 0.235 e. The first-order valence-electron chi connectivity index (χ1n) is 5.40. The largest absolute Gasteiger partial charge is 0.390 e. The molecule has 2 unspecified atom stereocenters. The van der Waals surface area contributed by atoms with Gasteiger partial charge in [-0.05, 0) is 32.7 Å². The Kier molecular flexibility index (Phi) is 4.07. The molecule has 1 aliphatic rings. The van der Waals surface area contributed by atoms with Crippen LogP contribution >= 0.6 is 0 Å². The average Bonchev–Trinajstić information content (AvgIpc) is 2.28. The van der Waals surface area contributed by atoms with Gasteiger partial charge in [0.05, 0.1) is 11.6 Å². The van der Waals surface area contributed by atoms with Crippen LogP contribution in [-0.2, 0) is 4.79 Å². The van der Waals surface area contributed by atoms with Crippen LogP contribution in [0, 0.1) is 0 Å². The van der Waals surface area contributed by atoms with Crippen LogP contribution in [0.4, 0.5) is 0 Å². The number of nitrogens with zero attached hydrogens (tertiary/aromatic N) is 1. The van der Waals surface area contributed by atoms with Gasteiger partial charge >= 0.3 is 0 Å². The van der Waals surface area contributed by atoms with Crippen LogP contribution in [0.2, 0.25) is 0 Å². The smallest absolute Gasteiger partial charge is 0.235 e. The number of amides is 1. The molecule has 0 saturated carbocycles. The molecule has 1 amide bonds. The topological polar surface area (TPSA) is 92.6 Å². The Balaban J connectivity index is 2.41. The molecule has 0 aromatic heterocycles. The summed E-state index contributed by atoms with van der Waals surface area (Å²) in [4.78, 5) is 12.9. The minimum atomic E-state index is -0.604. The van der Waals surface area contributed by atoms with Crippen molar-refractivity contribution in [2.45, 2.75) is 37.8 Å². The highest BCUT2D eigenvalue weighted by Gasteiger charge is 2.26. The van der Waals surface area contributed by atoms with Crippen molar-refractivity contribution in [3.8, 4) is 0 Å². The van der Waals surface area contributed by atoms with Crippen LogP contribution < -0.4 is 11.5 Å². The highest BCUT2D eigenvalue weighted by molar-refractivity contribution is 5.79. The molecule has 88 valence electrons. The molecule has 5 nitrogen and oxygen atoms in total. The number of aliphatic hydroxyl groups is 1. The van der Waals surface area contributed by atoms with Crippen molar-refractivity contribution in [3.63, 3.8) is 0 Å². The van der Waals surface area contributed by atoms with E-state index in [9.17, 15) is 9.90 Å². The summed E-state index contributed by atoms with van der Waals surface area (Å²) in [7, 11) is 0. The lowest BCUT2D eigenvalue weighted by Gasteiger charge is -2.23. The third kappa shape index (κ3) is 4.15. The van der Waals surface area contributed by atoms with Crippen molar-refractivity contribution < 1.29 is 9.90 Å². The van der Waals surface area contributed by atoms with E-state index in [0.29, 0.717) is 6.54 Å². The normalized spacial score (nSPS) is 30.9. The van der Waals surface area contributed by atoms with Gasteiger partial charge in [-0.15, -0.1) is 0 Å². The van der Waals surface area contributed by atoms with Crippen molar-refractivity contribution in [2.75, 3.05) is 19.6 Å². The van der Waals surface area contributed by atoms with E-state index in [-0.39, 0.29) is 0 Å². The summed E-state index contributed by atoms with van der Waals surface area (Å²) >= 11 is 0. The summed E-state index contributed by atoms with van der Waals surface area (Å²) in [5, 5.41) is 9.87. The molecule has 1 aliphatic heterocycles.